The average molecular weight is 605 g/mol. The number of para-hydroxylation sites is 1. The molecule has 9 nitrogen and oxygen atoms in total. The van der Waals surface area contributed by atoms with Crippen LogP contribution in [0.1, 0.15) is 48.2 Å². The van der Waals surface area contributed by atoms with Crippen molar-refractivity contribution in [3.8, 4) is 11.5 Å². The van der Waals surface area contributed by atoms with E-state index in [1.165, 1.54) is 9.47 Å². The molecule has 6 rings (SSSR count). The molecule has 1 aliphatic heterocycles. The predicted molar refractivity (Wildman–Crippen MR) is 158 cm³/mol. The van der Waals surface area contributed by atoms with Gasteiger partial charge in [-0.3, -0.25) is 13.8 Å². The van der Waals surface area contributed by atoms with Crippen LogP contribution in [0, 0.1) is 5.92 Å². The van der Waals surface area contributed by atoms with Gasteiger partial charge in [0.25, 0.3) is 0 Å². The summed E-state index contributed by atoms with van der Waals surface area (Å²) in [5.41, 5.74) is 3.30. The number of nitrogens with zero attached hydrogens (tertiary/aromatic N) is 5. The van der Waals surface area contributed by atoms with Crippen molar-refractivity contribution < 1.29 is 27.5 Å². The van der Waals surface area contributed by atoms with E-state index < -0.39 is 24.7 Å². The summed E-state index contributed by atoms with van der Waals surface area (Å²) in [7, 11) is 0. The van der Waals surface area contributed by atoms with Gasteiger partial charge in [0.1, 0.15) is 18.0 Å². The molecule has 1 N–H and O–H groups in total. The van der Waals surface area contributed by atoms with Gasteiger partial charge in [0.05, 0.1) is 17.6 Å². The second-order valence-corrected chi connectivity index (χ2v) is 11.0. The summed E-state index contributed by atoms with van der Waals surface area (Å²) < 4.78 is 47.5. The third kappa shape index (κ3) is 5.71. The summed E-state index contributed by atoms with van der Waals surface area (Å²) in [6.07, 6.45) is 1.24. The molecule has 2 amide bonds. The Morgan fingerprint density at radius 3 is 2.55 bits per heavy atom. The lowest BCUT2D eigenvalue weighted by Crippen LogP contribution is -2.42. The van der Waals surface area contributed by atoms with Crippen LogP contribution in [0.15, 0.2) is 79.3 Å². The van der Waals surface area contributed by atoms with Crippen LogP contribution in [0.2, 0.25) is 0 Å². The molecule has 1 aliphatic rings. The van der Waals surface area contributed by atoms with Gasteiger partial charge in [0, 0.05) is 37.1 Å². The molecule has 1 saturated heterocycles. The van der Waals surface area contributed by atoms with Crippen LogP contribution in [0.5, 0.6) is 11.5 Å². The van der Waals surface area contributed by atoms with E-state index in [2.05, 4.69) is 9.97 Å². The summed E-state index contributed by atoms with van der Waals surface area (Å²) >= 11 is 0. The molecule has 0 bridgehead atoms. The number of rotatable bonds is 7. The van der Waals surface area contributed by atoms with E-state index in [9.17, 15) is 22.8 Å². The highest BCUT2D eigenvalue weighted by atomic mass is 19.4. The van der Waals surface area contributed by atoms with Crippen molar-refractivity contribution in [2.45, 2.75) is 38.3 Å². The van der Waals surface area contributed by atoms with Crippen LogP contribution in [0.3, 0.4) is 0 Å². The van der Waals surface area contributed by atoms with Crippen molar-refractivity contribution in [2.75, 3.05) is 19.6 Å². The summed E-state index contributed by atoms with van der Waals surface area (Å²) in [6.45, 7) is 3.02. The van der Waals surface area contributed by atoms with Crippen LogP contribution in [0.4, 0.5) is 18.0 Å². The number of hydrogen-bond acceptors (Lipinski definition) is 5. The minimum absolute atomic E-state index is 0.0175. The van der Waals surface area contributed by atoms with Gasteiger partial charge < -0.3 is 15.0 Å². The van der Waals surface area contributed by atoms with Crippen molar-refractivity contribution >= 4 is 28.7 Å². The van der Waals surface area contributed by atoms with Gasteiger partial charge in [-0.25, -0.2) is 14.8 Å². The van der Waals surface area contributed by atoms with Crippen LogP contribution >= 0.6 is 0 Å². The maximum Gasteiger partial charge on any atom is 0.405 e. The molecule has 0 spiro atoms. The van der Waals surface area contributed by atoms with E-state index in [0.29, 0.717) is 34.9 Å². The Morgan fingerprint density at radius 1 is 1.02 bits per heavy atom. The highest BCUT2D eigenvalue weighted by molar-refractivity contribution is 5.93. The van der Waals surface area contributed by atoms with Gasteiger partial charge in [0.15, 0.2) is 11.3 Å². The summed E-state index contributed by atoms with van der Waals surface area (Å²) in [6, 6.07) is 17.9. The molecular weight excluding hydrogens is 573 g/mol. The van der Waals surface area contributed by atoms with Crippen molar-refractivity contribution in [3.05, 3.63) is 90.5 Å². The molecule has 0 saturated carbocycles. The first-order chi connectivity index (χ1) is 21.1. The number of halogens is 3. The van der Waals surface area contributed by atoms with Crippen LogP contribution < -0.4 is 10.1 Å². The number of alkyl halides is 3. The third-order valence-corrected chi connectivity index (χ3v) is 8.22. The third-order valence-electron chi connectivity index (χ3n) is 8.22. The maximum absolute atomic E-state index is 13.8. The standard InChI is InChI=1S/C32H31F3N6O3/c1-3-21-17-39(31(43)38-19-32(33,34)35)18-25(21)27-15-36-28-16-37-29-26(41(27)28)12-13-40(29)30(42)20(2)22-8-7-11-24(14-22)44-23-9-5-4-6-10-23/h4-16,20-21,25H,3,17-19H2,1-2H3,(H,38,43)/t20?,21?,25-/m0/s1. The highest BCUT2D eigenvalue weighted by Crippen LogP contribution is 2.36. The smallest absolute Gasteiger partial charge is 0.405 e. The Kier molecular flexibility index (Phi) is 7.74. The number of aromatic nitrogens is 4. The predicted octanol–water partition coefficient (Wildman–Crippen LogP) is 6.62. The Bertz CT molecular complexity index is 1820. The van der Waals surface area contributed by atoms with E-state index in [4.69, 9.17) is 4.74 Å². The lowest BCUT2D eigenvalue weighted by Gasteiger charge is -2.18. The Hall–Kier alpha value is -4.87. The summed E-state index contributed by atoms with van der Waals surface area (Å²) in [5.74, 6) is 0.489. The van der Waals surface area contributed by atoms with Gasteiger partial charge >= 0.3 is 12.2 Å². The van der Waals surface area contributed by atoms with Crippen molar-refractivity contribution in [2.24, 2.45) is 5.92 Å². The van der Waals surface area contributed by atoms with Gasteiger partial charge in [-0.2, -0.15) is 13.2 Å². The van der Waals surface area contributed by atoms with E-state index in [1.54, 1.807) is 18.6 Å². The first-order valence-electron chi connectivity index (χ1n) is 14.4. The number of likely N-dealkylation sites (tertiary alicyclic amines) is 1. The van der Waals surface area contributed by atoms with Gasteiger partial charge in [-0.05, 0) is 48.7 Å². The van der Waals surface area contributed by atoms with Gasteiger partial charge in [-0.1, -0.05) is 43.7 Å². The molecular formula is C32H31F3N6O3. The average Bonchev–Trinajstić information content (AvgIpc) is 3.75. The maximum atomic E-state index is 13.8. The zero-order chi connectivity index (χ0) is 31.0. The number of fused-ring (bicyclic) bond motifs is 3. The normalized spacial score (nSPS) is 17.7. The molecule has 0 aliphatic carbocycles. The molecule has 228 valence electrons. The summed E-state index contributed by atoms with van der Waals surface area (Å²) in [4.78, 5) is 36.8. The van der Waals surface area contributed by atoms with Crippen molar-refractivity contribution in [1.29, 1.82) is 0 Å². The molecule has 44 heavy (non-hydrogen) atoms. The Morgan fingerprint density at radius 2 is 1.80 bits per heavy atom. The van der Waals surface area contributed by atoms with E-state index in [0.717, 1.165) is 17.7 Å². The molecule has 12 heteroatoms. The fourth-order valence-corrected chi connectivity index (χ4v) is 5.91. The Labute approximate surface area is 251 Å². The topological polar surface area (TPSA) is 93.8 Å². The quantitative estimate of drug-likeness (QED) is 0.226. The number of hydrogen-bond donors (Lipinski definition) is 1. The lowest BCUT2D eigenvalue weighted by molar-refractivity contribution is -0.123. The van der Waals surface area contributed by atoms with Crippen LogP contribution in [-0.4, -0.2) is 61.6 Å². The van der Waals surface area contributed by atoms with Crippen molar-refractivity contribution in [3.63, 3.8) is 0 Å². The molecule has 3 aromatic heterocycles. The highest BCUT2D eigenvalue weighted by Gasteiger charge is 2.38. The fraction of sp³-hybridized carbons (Fsp3) is 0.312. The SMILES string of the molecule is CCC1CN(C(=O)NCC(F)(F)F)C[C@@H]1c1cnc2cnc3c(ccn3C(=O)C(C)c3cccc(Oc4ccccc4)c3)n12. The number of imidazole rings is 1. The first kappa shape index (κ1) is 29.2. The molecule has 0 radical (unpaired) electrons. The molecule has 2 unspecified atom stereocenters. The van der Waals surface area contributed by atoms with Crippen LogP contribution in [-0.2, 0) is 0 Å². The Balaban J connectivity index is 1.27. The van der Waals surface area contributed by atoms with Gasteiger partial charge in [-0.15, -0.1) is 0 Å². The lowest BCUT2D eigenvalue weighted by atomic mass is 9.91. The number of amides is 2. The number of benzene rings is 2. The number of nitrogens with one attached hydrogen (secondary N) is 1. The minimum atomic E-state index is -4.49. The second kappa shape index (κ2) is 11.7. The number of urea groups is 1. The van der Waals surface area contributed by atoms with Crippen LogP contribution in [0.25, 0.3) is 16.8 Å². The van der Waals surface area contributed by atoms with Gasteiger partial charge in [0.2, 0.25) is 5.91 Å². The number of ether oxygens (including phenoxy) is 1. The second-order valence-electron chi connectivity index (χ2n) is 11.0. The first-order valence-corrected chi connectivity index (χ1v) is 14.4. The molecule has 1 fully saturated rings. The molecule has 3 atom stereocenters. The van der Waals surface area contributed by atoms with E-state index >= 15 is 0 Å². The monoisotopic (exact) mass is 604 g/mol. The fourth-order valence-electron chi connectivity index (χ4n) is 5.91. The summed E-state index contributed by atoms with van der Waals surface area (Å²) in [5, 5.41) is 1.98. The molecule has 4 heterocycles. The zero-order valence-electron chi connectivity index (χ0n) is 24.2. The van der Waals surface area contributed by atoms with E-state index in [1.807, 2.05) is 84.2 Å². The van der Waals surface area contributed by atoms with E-state index in [-0.39, 0.29) is 24.3 Å². The zero-order valence-corrected chi connectivity index (χ0v) is 24.2. The van der Waals surface area contributed by atoms with Crippen molar-refractivity contribution in [1.82, 2.24) is 29.2 Å². The number of carbonyl (C=O) groups excluding carboxylic acids is 2. The molecule has 2 aromatic carbocycles. The number of carbonyl (C=O) groups is 2. The minimum Gasteiger partial charge on any atom is -0.457 e. The largest absolute Gasteiger partial charge is 0.457 e. The molecule has 5 aromatic rings.